The molecule has 2 aromatic carbocycles. The van der Waals surface area contributed by atoms with E-state index < -0.39 is 0 Å². The lowest BCUT2D eigenvalue weighted by Gasteiger charge is -2.28. The Morgan fingerprint density at radius 2 is 1.45 bits per heavy atom. The molecule has 0 atom stereocenters. The summed E-state index contributed by atoms with van der Waals surface area (Å²) in [5.74, 6) is 1.42. The van der Waals surface area contributed by atoms with E-state index in [0.29, 0.717) is 11.5 Å². The molecule has 0 radical (unpaired) electrons. The first-order chi connectivity index (χ1) is 13.3. The van der Waals surface area contributed by atoms with Crippen molar-refractivity contribution in [1.29, 1.82) is 0 Å². The van der Waals surface area contributed by atoms with E-state index in [0.717, 1.165) is 27.3 Å². The molecule has 0 saturated carbocycles. The maximum Gasteiger partial charge on any atom is 0.313 e. The summed E-state index contributed by atoms with van der Waals surface area (Å²) in [5, 5.41) is 10.9. The van der Waals surface area contributed by atoms with Crippen LogP contribution in [0.5, 0.6) is 11.5 Å². The van der Waals surface area contributed by atoms with Gasteiger partial charge in [0.1, 0.15) is 11.5 Å². The Labute approximate surface area is 179 Å². The maximum absolute atomic E-state index is 11.7. The second-order valence-electron chi connectivity index (χ2n) is 9.88. The molecule has 0 aliphatic heterocycles. The number of rotatable bonds is 5. The molecule has 3 nitrogen and oxygen atoms in total. The fourth-order valence-electron chi connectivity index (χ4n) is 2.89. The average Bonchev–Trinajstić information content (AvgIpc) is 2.59. The fourth-order valence-corrected chi connectivity index (χ4v) is 3.82. The molecule has 0 bridgehead atoms. The van der Waals surface area contributed by atoms with E-state index in [9.17, 15) is 9.90 Å². The number of aromatic hydroxyl groups is 1. The molecule has 158 valence electrons. The van der Waals surface area contributed by atoms with Crippen molar-refractivity contribution in [3.63, 3.8) is 0 Å². The van der Waals surface area contributed by atoms with Crippen LogP contribution in [0.4, 0.5) is 0 Å². The predicted octanol–water partition coefficient (Wildman–Crippen LogP) is 6.84. The highest BCUT2D eigenvalue weighted by Gasteiger charge is 2.26. The number of carbonyl (C=O) groups is 1. The van der Waals surface area contributed by atoms with Crippen LogP contribution in [0, 0.1) is 5.92 Å². The number of carbonyl (C=O) groups excluding carboxylic acids is 1. The highest BCUT2D eigenvalue weighted by atomic mass is 32.2. The Morgan fingerprint density at radius 1 is 0.966 bits per heavy atom. The van der Waals surface area contributed by atoms with Crippen molar-refractivity contribution in [2.24, 2.45) is 5.92 Å². The number of benzene rings is 2. The van der Waals surface area contributed by atoms with Gasteiger partial charge in [0.2, 0.25) is 0 Å². The van der Waals surface area contributed by atoms with Gasteiger partial charge in [0.25, 0.3) is 0 Å². The van der Waals surface area contributed by atoms with Crippen molar-refractivity contribution in [3.8, 4) is 11.5 Å². The van der Waals surface area contributed by atoms with Gasteiger partial charge in [-0.2, -0.15) is 0 Å². The van der Waals surface area contributed by atoms with Crippen molar-refractivity contribution in [2.45, 2.75) is 76.9 Å². The van der Waals surface area contributed by atoms with Gasteiger partial charge in [-0.15, -0.1) is 11.8 Å². The van der Waals surface area contributed by atoms with Gasteiger partial charge in [0.05, 0.1) is 5.92 Å². The molecule has 0 aliphatic rings. The van der Waals surface area contributed by atoms with Crippen LogP contribution in [0.15, 0.2) is 41.3 Å². The third kappa shape index (κ3) is 6.27. The molecule has 2 rings (SSSR count). The van der Waals surface area contributed by atoms with Gasteiger partial charge >= 0.3 is 5.97 Å². The van der Waals surface area contributed by atoms with Gasteiger partial charge in [-0.05, 0) is 40.7 Å². The second kappa shape index (κ2) is 8.83. The molecule has 4 heteroatoms. The molecule has 0 aliphatic carbocycles. The highest BCUT2D eigenvalue weighted by molar-refractivity contribution is 7.98. The van der Waals surface area contributed by atoms with E-state index >= 15 is 0 Å². The normalized spacial score (nSPS) is 12.3. The number of hydrogen-bond acceptors (Lipinski definition) is 4. The molecular weight excluding hydrogens is 380 g/mol. The van der Waals surface area contributed by atoms with Crippen molar-refractivity contribution in [3.05, 3.63) is 53.1 Å². The first-order valence-corrected chi connectivity index (χ1v) is 11.1. The molecular formula is C25H34O3S. The monoisotopic (exact) mass is 414 g/mol. The standard InChI is InChI=1S/C25H34O3S/c1-16(2)23(27)28-18-11-9-17(10-12-18)15-29-19-13-20(24(3,4)5)22(26)21(14-19)25(6,7)8/h9-14,16,26H,15H2,1-8H3. The lowest BCUT2D eigenvalue weighted by atomic mass is 9.79. The smallest absolute Gasteiger partial charge is 0.313 e. The zero-order valence-corrected chi connectivity index (χ0v) is 19.7. The number of thioether (sulfide) groups is 1. The first kappa shape index (κ1) is 23.3. The zero-order valence-electron chi connectivity index (χ0n) is 18.9. The summed E-state index contributed by atoms with van der Waals surface area (Å²) in [5.41, 5.74) is 2.83. The molecule has 0 heterocycles. The minimum absolute atomic E-state index is 0.136. The largest absolute Gasteiger partial charge is 0.507 e. The van der Waals surface area contributed by atoms with Gasteiger partial charge in [0, 0.05) is 21.8 Å². The Hall–Kier alpha value is -1.94. The summed E-state index contributed by atoms with van der Waals surface area (Å²) in [4.78, 5) is 12.9. The summed E-state index contributed by atoms with van der Waals surface area (Å²) >= 11 is 1.75. The fraction of sp³-hybridized carbons (Fsp3) is 0.480. The van der Waals surface area contributed by atoms with E-state index in [2.05, 4.69) is 53.7 Å². The third-order valence-electron chi connectivity index (χ3n) is 4.72. The Bertz CT molecular complexity index is 818. The Morgan fingerprint density at radius 3 is 1.86 bits per heavy atom. The van der Waals surface area contributed by atoms with Crippen LogP contribution in [-0.4, -0.2) is 11.1 Å². The molecule has 0 amide bonds. The Kier molecular flexibility index (Phi) is 7.10. The van der Waals surface area contributed by atoms with Crippen molar-refractivity contribution in [1.82, 2.24) is 0 Å². The van der Waals surface area contributed by atoms with Crippen LogP contribution in [0.3, 0.4) is 0 Å². The molecule has 1 N–H and O–H groups in total. The lowest BCUT2D eigenvalue weighted by molar-refractivity contribution is -0.137. The highest BCUT2D eigenvalue weighted by Crippen LogP contribution is 2.42. The van der Waals surface area contributed by atoms with E-state index in [1.165, 1.54) is 0 Å². The quantitative estimate of drug-likeness (QED) is 0.330. The molecule has 0 aromatic heterocycles. The van der Waals surface area contributed by atoms with E-state index in [4.69, 9.17) is 4.74 Å². The van der Waals surface area contributed by atoms with Crippen LogP contribution in [0.25, 0.3) is 0 Å². The maximum atomic E-state index is 11.7. The van der Waals surface area contributed by atoms with Crippen LogP contribution in [0.2, 0.25) is 0 Å². The summed E-state index contributed by atoms with van der Waals surface area (Å²) < 4.78 is 5.34. The van der Waals surface area contributed by atoms with Gasteiger partial charge in [-0.25, -0.2) is 0 Å². The third-order valence-corrected chi connectivity index (χ3v) is 5.76. The van der Waals surface area contributed by atoms with Crippen LogP contribution >= 0.6 is 11.8 Å². The second-order valence-corrected chi connectivity index (χ2v) is 10.9. The molecule has 0 fully saturated rings. The zero-order chi connectivity index (χ0) is 22.0. The summed E-state index contributed by atoms with van der Waals surface area (Å²) in [6.07, 6.45) is 0. The van der Waals surface area contributed by atoms with Crippen LogP contribution < -0.4 is 4.74 Å². The van der Waals surface area contributed by atoms with Crippen LogP contribution in [0.1, 0.15) is 72.1 Å². The minimum Gasteiger partial charge on any atom is -0.507 e. The number of phenols is 1. The summed E-state index contributed by atoms with van der Waals surface area (Å²) in [6, 6.07) is 11.9. The molecule has 29 heavy (non-hydrogen) atoms. The topological polar surface area (TPSA) is 46.5 Å². The van der Waals surface area contributed by atoms with Gasteiger partial charge in [-0.3, -0.25) is 4.79 Å². The summed E-state index contributed by atoms with van der Waals surface area (Å²) in [7, 11) is 0. The molecule has 0 saturated heterocycles. The first-order valence-electron chi connectivity index (χ1n) is 10.1. The Balaban J connectivity index is 2.21. The van der Waals surface area contributed by atoms with Crippen molar-refractivity contribution in [2.75, 3.05) is 0 Å². The number of phenolic OH excluding ortho intramolecular Hbond substituents is 1. The molecule has 0 spiro atoms. The molecule has 2 aromatic rings. The van der Waals surface area contributed by atoms with Crippen molar-refractivity contribution < 1.29 is 14.6 Å². The number of hydrogen-bond donors (Lipinski definition) is 1. The van der Waals surface area contributed by atoms with Gasteiger partial charge < -0.3 is 9.84 Å². The average molecular weight is 415 g/mol. The van der Waals surface area contributed by atoms with Crippen molar-refractivity contribution >= 4 is 17.7 Å². The lowest BCUT2D eigenvalue weighted by Crippen LogP contribution is -2.17. The van der Waals surface area contributed by atoms with Crippen LogP contribution in [-0.2, 0) is 21.4 Å². The molecule has 0 unspecified atom stereocenters. The van der Waals surface area contributed by atoms with E-state index in [1.807, 2.05) is 38.1 Å². The number of ether oxygens (including phenoxy) is 1. The summed E-state index contributed by atoms with van der Waals surface area (Å²) in [6.45, 7) is 16.4. The van der Waals surface area contributed by atoms with Gasteiger partial charge in [0.15, 0.2) is 0 Å². The SMILES string of the molecule is CC(C)C(=O)Oc1ccc(CSc2cc(C(C)(C)C)c(O)c(C(C)(C)C)c2)cc1. The van der Waals surface area contributed by atoms with E-state index in [1.54, 1.807) is 11.8 Å². The predicted molar refractivity (Wildman–Crippen MR) is 122 cm³/mol. The minimum atomic E-state index is -0.222. The van der Waals surface area contributed by atoms with E-state index in [-0.39, 0.29) is 22.7 Å². The van der Waals surface area contributed by atoms with Gasteiger partial charge in [-0.1, -0.05) is 67.5 Å². The number of esters is 1.